The third-order valence-corrected chi connectivity index (χ3v) is 1.59. The van der Waals surface area contributed by atoms with Gasteiger partial charge in [0.05, 0.1) is 6.61 Å². The van der Waals surface area contributed by atoms with Gasteiger partial charge in [-0.1, -0.05) is 18.2 Å². The summed E-state index contributed by atoms with van der Waals surface area (Å²) in [6.07, 6.45) is 9.33. The highest BCUT2D eigenvalue weighted by Crippen LogP contribution is 2.00. The normalized spacial score (nSPS) is 10.8. The summed E-state index contributed by atoms with van der Waals surface area (Å²) in [6, 6.07) is 3.99. The zero-order valence-electron chi connectivity index (χ0n) is 6.98. The van der Waals surface area contributed by atoms with Crippen molar-refractivity contribution in [1.82, 2.24) is 4.98 Å². The standard InChI is InChI=1S/C10H13NO/c12-8-3-1-2-5-10-6-4-7-11-9-10/h1,3-4,6-7,9,12H,2,5,8H2/b3-1+. The molecule has 12 heavy (non-hydrogen) atoms. The van der Waals surface area contributed by atoms with Crippen molar-refractivity contribution in [2.24, 2.45) is 0 Å². The van der Waals surface area contributed by atoms with Gasteiger partial charge in [-0.25, -0.2) is 0 Å². The van der Waals surface area contributed by atoms with E-state index >= 15 is 0 Å². The number of allylic oxidation sites excluding steroid dienone is 1. The van der Waals surface area contributed by atoms with Gasteiger partial charge in [-0.15, -0.1) is 0 Å². The Hall–Kier alpha value is -1.15. The van der Waals surface area contributed by atoms with E-state index in [0.29, 0.717) is 0 Å². The van der Waals surface area contributed by atoms with Gasteiger partial charge in [0.15, 0.2) is 0 Å². The van der Waals surface area contributed by atoms with Crippen LogP contribution in [-0.2, 0) is 6.42 Å². The third-order valence-electron chi connectivity index (χ3n) is 1.59. The first-order chi connectivity index (χ1) is 5.93. The van der Waals surface area contributed by atoms with Crippen LogP contribution in [0.25, 0.3) is 0 Å². The molecular weight excluding hydrogens is 150 g/mol. The van der Waals surface area contributed by atoms with Crippen molar-refractivity contribution in [1.29, 1.82) is 0 Å². The zero-order valence-corrected chi connectivity index (χ0v) is 6.98. The molecule has 0 atom stereocenters. The molecule has 0 saturated carbocycles. The van der Waals surface area contributed by atoms with Gasteiger partial charge in [0.2, 0.25) is 0 Å². The molecule has 0 saturated heterocycles. The molecular formula is C10H13NO. The summed E-state index contributed by atoms with van der Waals surface area (Å²) in [7, 11) is 0. The van der Waals surface area contributed by atoms with Crippen LogP contribution >= 0.6 is 0 Å². The van der Waals surface area contributed by atoms with Crippen LogP contribution in [-0.4, -0.2) is 16.7 Å². The van der Waals surface area contributed by atoms with E-state index in [-0.39, 0.29) is 6.61 Å². The number of aryl methyl sites for hydroxylation is 1. The second-order valence-electron chi connectivity index (χ2n) is 2.55. The van der Waals surface area contributed by atoms with Crippen LogP contribution in [0, 0.1) is 0 Å². The van der Waals surface area contributed by atoms with Crippen LogP contribution in [0.3, 0.4) is 0 Å². The predicted molar refractivity (Wildman–Crippen MR) is 48.8 cm³/mol. The summed E-state index contributed by atoms with van der Waals surface area (Å²) in [5.41, 5.74) is 1.24. The number of pyridine rings is 1. The lowest BCUT2D eigenvalue weighted by Gasteiger charge is -1.94. The Kier molecular flexibility index (Phi) is 4.09. The number of hydrogen-bond acceptors (Lipinski definition) is 2. The predicted octanol–water partition coefficient (Wildman–Crippen LogP) is 1.56. The zero-order chi connectivity index (χ0) is 8.65. The summed E-state index contributed by atoms with van der Waals surface area (Å²) in [6.45, 7) is 0.132. The number of aromatic nitrogens is 1. The van der Waals surface area contributed by atoms with Crippen molar-refractivity contribution in [3.8, 4) is 0 Å². The molecule has 64 valence electrons. The molecule has 1 aromatic rings. The summed E-state index contributed by atoms with van der Waals surface area (Å²) in [5, 5.41) is 8.46. The largest absolute Gasteiger partial charge is 0.392 e. The molecule has 0 spiro atoms. The number of hydrogen-bond donors (Lipinski definition) is 1. The Morgan fingerprint density at radius 3 is 3.00 bits per heavy atom. The highest BCUT2D eigenvalue weighted by molar-refractivity contribution is 5.09. The van der Waals surface area contributed by atoms with Crippen molar-refractivity contribution in [2.45, 2.75) is 12.8 Å². The van der Waals surface area contributed by atoms with Gasteiger partial charge in [-0.3, -0.25) is 4.98 Å². The van der Waals surface area contributed by atoms with Crippen molar-refractivity contribution >= 4 is 0 Å². The molecule has 0 aromatic carbocycles. The van der Waals surface area contributed by atoms with E-state index in [4.69, 9.17) is 5.11 Å². The van der Waals surface area contributed by atoms with Gasteiger partial charge < -0.3 is 5.11 Å². The van der Waals surface area contributed by atoms with Gasteiger partial charge >= 0.3 is 0 Å². The lowest BCUT2D eigenvalue weighted by Crippen LogP contribution is -1.83. The maximum absolute atomic E-state index is 8.46. The average Bonchev–Trinajstić information content (AvgIpc) is 2.14. The van der Waals surface area contributed by atoms with Crippen LogP contribution in [0.1, 0.15) is 12.0 Å². The minimum atomic E-state index is 0.132. The first-order valence-corrected chi connectivity index (χ1v) is 4.08. The van der Waals surface area contributed by atoms with Crippen molar-refractivity contribution in [3.63, 3.8) is 0 Å². The van der Waals surface area contributed by atoms with Gasteiger partial charge in [-0.2, -0.15) is 0 Å². The van der Waals surface area contributed by atoms with Gasteiger partial charge in [0, 0.05) is 12.4 Å². The van der Waals surface area contributed by atoms with E-state index in [1.54, 1.807) is 12.3 Å². The molecule has 0 aliphatic heterocycles. The van der Waals surface area contributed by atoms with E-state index in [2.05, 4.69) is 11.1 Å². The lowest BCUT2D eigenvalue weighted by atomic mass is 10.1. The highest BCUT2D eigenvalue weighted by atomic mass is 16.2. The Labute approximate surface area is 72.6 Å². The molecule has 2 heteroatoms. The Balaban J connectivity index is 2.29. The highest BCUT2D eigenvalue weighted by Gasteiger charge is 1.87. The van der Waals surface area contributed by atoms with E-state index in [1.807, 2.05) is 18.3 Å². The third kappa shape index (κ3) is 3.30. The molecule has 0 amide bonds. The lowest BCUT2D eigenvalue weighted by molar-refractivity contribution is 0.342. The fourth-order valence-electron chi connectivity index (χ4n) is 0.988. The summed E-state index contributed by atoms with van der Waals surface area (Å²) in [4.78, 5) is 4.01. The first-order valence-electron chi connectivity index (χ1n) is 4.08. The summed E-state index contributed by atoms with van der Waals surface area (Å²) >= 11 is 0. The number of rotatable bonds is 4. The van der Waals surface area contributed by atoms with Crippen LogP contribution in [0.5, 0.6) is 0 Å². The molecule has 2 nitrogen and oxygen atoms in total. The summed E-state index contributed by atoms with van der Waals surface area (Å²) < 4.78 is 0. The second-order valence-corrected chi connectivity index (χ2v) is 2.55. The fraction of sp³-hybridized carbons (Fsp3) is 0.300. The molecule has 0 bridgehead atoms. The molecule has 0 aliphatic carbocycles. The van der Waals surface area contributed by atoms with Crippen molar-refractivity contribution in [3.05, 3.63) is 42.2 Å². The number of aliphatic hydroxyl groups excluding tert-OH is 1. The SMILES string of the molecule is OC/C=C/CCc1cccnc1. The summed E-state index contributed by atoms with van der Waals surface area (Å²) in [5.74, 6) is 0. The van der Waals surface area contributed by atoms with Crippen molar-refractivity contribution < 1.29 is 5.11 Å². The molecule has 1 heterocycles. The Bertz CT molecular complexity index is 231. The molecule has 1 N–H and O–H groups in total. The number of nitrogens with zero attached hydrogens (tertiary/aromatic N) is 1. The Morgan fingerprint density at radius 1 is 1.42 bits per heavy atom. The Morgan fingerprint density at radius 2 is 2.33 bits per heavy atom. The minimum absolute atomic E-state index is 0.132. The van der Waals surface area contributed by atoms with E-state index in [1.165, 1.54) is 5.56 Å². The molecule has 0 unspecified atom stereocenters. The van der Waals surface area contributed by atoms with Gasteiger partial charge in [0.1, 0.15) is 0 Å². The molecule has 1 aromatic heterocycles. The second kappa shape index (κ2) is 5.49. The molecule has 0 radical (unpaired) electrons. The molecule has 1 rings (SSSR count). The van der Waals surface area contributed by atoms with Gasteiger partial charge in [-0.05, 0) is 24.5 Å². The topological polar surface area (TPSA) is 33.1 Å². The smallest absolute Gasteiger partial charge is 0.0612 e. The van der Waals surface area contributed by atoms with E-state index in [9.17, 15) is 0 Å². The average molecular weight is 163 g/mol. The quantitative estimate of drug-likeness (QED) is 0.683. The van der Waals surface area contributed by atoms with Crippen LogP contribution in [0.4, 0.5) is 0 Å². The molecule has 0 aliphatic rings. The van der Waals surface area contributed by atoms with Crippen LogP contribution < -0.4 is 0 Å². The van der Waals surface area contributed by atoms with Crippen molar-refractivity contribution in [2.75, 3.05) is 6.61 Å². The van der Waals surface area contributed by atoms with Crippen LogP contribution in [0.15, 0.2) is 36.7 Å². The monoisotopic (exact) mass is 163 g/mol. The first kappa shape index (κ1) is 8.94. The maximum atomic E-state index is 8.46. The van der Waals surface area contributed by atoms with Crippen LogP contribution in [0.2, 0.25) is 0 Å². The fourth-order valence-corrected chi connectivity index (χ4v) is 0.988. The maximum Gasteiger partial charge on any atom is 0.0612 e. The molecule has 0 fully saturated rings. The van der Waals surface area contributed by atoms with Gasteiger partial charge in [0.25, 0.3) is 0 Å². The van der Waals surface area contributed by atoms with E-state index in [0.717, 1.165) is 12.8 Å². The minimum Gasteiger partial charge on any atom is -0.392 e. The number of aliphatic hydroxyl groups is 1. The van der Waals surface area contributed by atoms with E-state index < -0.39 is 0 Å².